The Morgan fingerprint density at radius 3 is 2.33 bits per heavy atom. The van der Waals surface area contributed by atoms with E-state index in [9.17, 15) is 5.11 Å². The van der Waals surface area contributed by atoms with Gasteiger partial charge in [-0.05, 0) is 47.2 Å². The van der Waals surface area contributed by atoms with Crippen LogP contribution < -0.4 is 0 Å². The van der Waals surface area contributed by atoms with Gasteiger partial charge in [-0.25, -0.2) is 0 Å². The number of allylic oxidation sites excluding steroid dienone is 3. The Morgan fingerprint density at radius 2 is 1.67 bits per heavy atom. The summed E-state index contributed by atoms with van der Waals surface area (Å²) in [6.07, 6.45) is 8.79. The van der Waals surface area contributed by atoms with Crippen LogP contribution in [0.25, 0.3) is 6.08 Å². The molecule has 1 aliphatic carbocycles. The number of hydrogen-bond donors (Lipinski definition) is 1. The van der Waals surface area contributed by atoms with Gasteiger partial charge in [0.15, 0.2) is 0 Å². The van der Waals surface area contributed by atoms with Crippen LogP contribution in [-0.4, -0.2) is 5.11 Å². The Balaban J connectivity index is 0.00000100. The van der Waals surface area contributed by atoms with E-state index in [1.165, 1.54) is 16.7 Å². The molecule has 1 aliphatic rings. The monoisotopic (exact) mass is 320 g/mol. The summed E-state index contributed by atoms with van der Waals surface area (Å²) in [6.45, 7) is 8.59. The number of benzene rings is 2. The highest BCUT2D eigenvalue weighted by Gasteiger charge is 2.32. The standard InChI is InChI=1S/C21H22O.C2H6/c1-3-21(2)18(12-8-16-9-14-19(22)15-10-16)13-11-17-6-4-5-7-20(17)21;1-2/h4-10,12-15,22H,3,11H2,1-2H3;1-2H3/b12-8+;. The zero-order chi connectivity index (χ0) is 17.6. The molecule has 126 valence electrons. The molecule has 1 heteroatoms. The zero-order valence-electron chi connectivity index (χ0n) is 15.2. The molecule has 0 radical (unpaired) electrons. The van der Waals surface area contributed by atoms with Gasteiger partial charge >= 0.3 is 0 Å². The van der Waals surface area contributed by atoms with Crippen LogP contribution in [0.2, 0.25) is 0 Å². The lowest BCUT2D eigenvalue weighted by Crippen LogP contribution is -2.27. The van der Waals surface area contributed by atoms with Crippen molar-refractivity contribution in [2.45, 2.75) is 46.0 Å². The van der Waals surface area contributed by atoms with Gasteiger partial charge in [0.1, 0.15) is 5.75 Å². The van der Waals surface area contributed by atoms with Gasteiger partial charge in [-0.15, -0.1) is 0 Å². The molecular weight excluding hydrogens is 292 g/mol. The Bertz CT molecular complexity index is 722. The van der Waals surface area contributed by atoms with Crippen molar-refractivity contribution in [3.8, 4) is 5.75 Å². The van der Waals surface area contributed by atoms with Crippen LogP contribution in [0.15, 0.2) is 66.3 Å². The van der Waals surface area contributed by atoms with Crippen molar-refractivity contribution in [2.75, 3.05) is 0 Å². The molecule has 3 rings (SSSR count). The molecule has 1 N–H and O–H groups in total. The summed E-state index contributed by atoms with van der Waals surface area (Å²) in [7, 11) is 0. The van der Waals surface area contributed by atoms with Crippen molar-refractivity contribution in [1.29, 1.82) is 0 Å². The van der Waals surface area contributed by atoms with Crippen LogP contribution in [-0.2, 0) is 11.8 Å². The molecule has 1 atom stereocenters. The first kappa shape index (κ1) is 18.1. The molecule has 24 heavy (non-hydrogen) atoms. The normalized spacial score (nSPS) is 19.2. The minimum absolute atomic E-state index is 0.0717. The van der Waals surface area contributed by atoms with Gasteiger partial charge in [-0.1, -0.05) is 82.3 Å². The molecule has 0 aliphatic heterocycles. The van der Waals surface area contributed by atoms with E-state index in [4.69, 9.17) is 0 Å². The average molecular weight is 320 g/mol. The number of phenolic OH excluding ortho intramolecular Hbond substituents is 1. The number of fused-ring (bicyclic) bond motifs is 1. The summed E-state index contributed by atoms with van der Waals surface area (Å²) in [6, 6.07) is 16.1. The average Bonchev–Trinajstić information content (AvgIpc) is 2.64. The summed E-state index contributed by atoms with van der Waals surface area (Å²) in [5.74, 6) is 0.307. The molecule has 0 heterocycles. The van der Waals surface area contributed by atoms with E-state index in [2.05, 4.69) is 56.3 Å². The maximum Gasteiger partial charge on any atom is 0.115 e. The fourth-order valence-corrected chi connectivity index (χ4v) is 3.26. The van der Waals surface area contributed by atoms with E-state index >= 15 is 0 Å². The molecule has 0 amide bonds. The molecule has 1 unspecified atom stereocenters. The maximum absolute atomic E-state index is 9.37. The highest BCUT2D eigenvalue weighted by Crippen LogP contribution is 2.41. The maximum atomic E-state index is 9.37. The summed E-state index contributed by atoms with van der Waals surface area (Å²) >= 11 is 0. The minimum Gasteiger partial charge on any atom is -0.508 e. The van der Waals surface area contributed by atoms with Crippen molar-refractivity contribution >= 4 is 6.08 Å². The largest absolute Gasteiger partial charge is 0.508 e. The lowest BCUT2D eigenvalue weighted by atomic mass is 9.68. The Labute approximate surface area is 146 Å². The van der Waals surface area contributed by atoms with Gasteiger partial charge in [0.05, 0.1) is 0 Å². The molecule has 2 aromatic rings. The van der Waals surface area contributed by atoms with Crippen molar-refractivity contribution in [3.05, 3.63) is 82.9 Å². The number of phenols is 1. The van der Waals surface area contributed by atoms with Gasteiger partial charge in [0.2, 0.25) is 0 Å². The van der Waals surface area contributed by atoms with Gasteiger partial charge in [0.25, 0.3) is 0 Å². The molecule has 0 fully saturated rings. The van der Waals surface area contributed by atoms with E-state index in [0.29, 0.717) is 5.75 Å². The van der Waals surface area contributed by atoms with E-state index < -0.39 is 0 Å². The van der Waals surface area contributed by atoms with Gasteiger partial charge < -0.3 is 5.11 Å². The third-order valence-corrected chi connectivity index (χ3v) is 4.85. The number of aromatic hydroxyl groups is 1. The van der Waals surface area contributed by atoms with Crippen molar-refractivity contribution < 1.29 is 5.11 Å². The molecule has 0 saturated carbocycles. The first-order chi connectivity index (χ1) is 11.6. The molecule has 0 saturated heterocycles. The van der Waals surface area contributed by atoms with Crippen molar-refractivity contribution in [2.24, 2.45) is 0 Å². The third kappa shape index (κ3) is 3.62. The predicted octanol–water partition coefficient (Wildman–Crippen LogP) is 6.28. The van der Waals surface area contributed by atoms with E-state index in [-0.39, 0.29) is 5.41 Å². The Kier molecular flexibility index (Phi) is 6.03. The second-order valence-electron chi connectivity index (χ2n) is 6.13. The zero-order valence-corrected chi connectivity index (χ0v) is 15.2. The third-order valence-electron chi connectivity index (χ3n) is 4.85. The van der Waals surface area contributed by atoms with Crippen LogP contribution in [0.1, 0.15) is 50.8 Å². The fourth-order valence-electron chi connectivity index (χ4n) is 3.26. The number of rotatable bonds is 3. The van der Waals surface area contributed by atoms with Gasteiger partial charge in [-0.3, -0.25) is 0 Å². The summed E-state index contributed by atoms with van der Waals surface area (Å²) in [5.41, 5.74) is 5.44. The van der Waals surface area contributed by atoms with Crippen LogP contribution in [0.3, 0.4) is 0 Å². The fraction of sp³-hybridized carbons (Fsp3) is 0.304. The smallest absolute Gasteiger partial charge is 0.115 e. The predicted molar refractivity (Wildman–Crippen MR) is 104 cm³/mol. The molecule has 1 nitrogen and oxygen atoms in total. The Morgan fingerprint density at radius 1 is 1.00 bits per heavy atom. The summed E-state index contributed by atoms with van der Waals surface area (Å²) < 4.78 is 0. The van der Waals surface area contributed by atoms with E-state index in [1.54, 1.807) is 12.1 Å². The molecular formula is C23H28O. The lowest BCUT2D eigenvalue weighted by Gasteiger charge is -2.36. The van der Waals surface area contributed by atoms with E-state index in [0.717, 1.165) is 18.4 Å². The van der Waals surface area contributed by atoms with E-state index in [1.807, 2.05) is 26.0 Å². The van der Waals surface area contributed by atoms with Gasteiger partial charge in [0, 0.05) is 5.41 Å². The summed E-state index contributed by atoms with van der Waals surface area (Å²) in [5, 5.41) is 9.37. The van der Waals surface area contributed by atoms with Gasteiger partial charge in [-0.2, -0.15) is 0 Å². The highest BCUT2D eigenvalue weighted by molar-refractivity contribution is 5.58. The first-order valence-corrected chi connectivity index (χ1v) is 8.89. The first-order valence-electron chi connectivity index (χ1n) is 8.89. The van der Waals surface area contributed by atoms with Crippen LogP contribution >= 0.6 is 0 Å². The molecule has 2 aromatic carbocycles. The minimum atomic E-state index is 0.0717. The summed E-state index contributed by atoms with van der Waals surface area (Å²) in [4.78, 5) is 0. The number of hydrogen-bond acceptors (Lipinski definition) is 1. The molecule has 0 aromatic heterocycles. The second-order valence-corrected chi connectivity index (χ2v) is 6.13. The molecule has 0 spiro atoms. The Hall–Kier alpha value is -2.28. The van der Waals surface area contributed by atoms with Crippen LogP contribution in [0.4, 0.5) is 0 Å². The van der Waals surface area contributed by atoms with Crippen molar-refractivity contribution in [3.63, 3.8) is 0 Å². The highest BCUT2D eigenvalue weighted by atomic mass is 16.3. The molecule has 0 bridgehead atoms. The lowest BCUT2D eigenvalue weighted by molar-refractivity contribution is 0.475. The van der Waals surface area contributed by atoms with Crippen molar-refractivity contribution in [1.82, 2.24) is 0 Å². The second kappa shape index (κ2) is 8.01. The van der Waals surface area contributed by atoms with Crippen LogP contribution in [0.5, 0.6) is 5.75 Å². The SMILES string of the molecule is CC.CCC1(C)C(/C=C/c2ccc(O)cc2)=CCc2ccccc21. The quantitative estimate of drug-likeness (QED) is 0.705. The van der Waals surface area contributed by atoms with Crippen LogP contribution in [0, 0.1) is 0 Å². The topological polar surface area (TPSA) is 20.2 Å².